The molecule has 9 heteroatoms. The van der Waals surface area contributed by atoms with Crippen molar-refractivity contribution in [2.75, 3.05) is 23.5 Å². The Morgan fingerprint density at radius 2 is 2.11 bits per heavy atom. The molecule has 8 nitrogen and oxygen atoms in total. The van der Waals surface area contributed by atoms with Gasteiger partial charge in [0.1, 0.15) is 17.2 Å². The van der Waals surface area contributed by atoms with Crippen LogP contribution in [-0.2, 0) is 11.3 Å². The number of fused-ring (bicyclic) bond motifs is 2. The number of nitrogens with one attached hydrogen (secondary N) is 3. The standard InChI is InChI=1S/C26H29N5O3S/c1-16(29-22-9-12-27-21-5-4-19(34-2)13-20(21)22)26(33)10-7-17(8-11-26)28-14-18-3-6-23-25(30-18)31-24(32)15-35-23/h3-6,9,12-13,17,28,33H,1,7-8,10-11,14-15H2,2H3,(H,27,29)(H,30,31,32)/t17-,26+. The average molecular weight is 492 g/mol. The number of ether oxygens (including phenoxy) is 1. The van der Waals surface area contributed by atoms with Crippen molar-refractivity contribution in [2.45, 2.75) is 48.8 Å². The molecule has 182 valence electrons. The van der Waals surface area contributed by atoms with Crippen molar-refractivity contribution < 1.29 is 14.6 Å². The van der Waals surface area contributed by atoms with Crippen molar-refractivity contribution in [3.05, 3.63) is 60.6 Å². The SMILES string of the molecule is C=C(Nc1ccnc2ccc(OC)cc12)[C@]1(O)CC[C@@H](NCc2ccc3c(n2)NC(=O)CS3)CC1. The number of aromatic nitrogens is 2. The quantitative estimate of drug-likeness (QED) is 0.392. The molecule has 0 saturated heterocycles. The molecule has 5 rings (SSSR count). The summed E-state index contributed by atoms with van der Waals surface area (Å²) in [5.74, 6) is 1.81. The van der Waals surface area contributed by atoms with Gasteiger partial charge in [0, 0.05) is 35.6 Å². The van der Waals surface area contributed by atoms with E-state index >= 15 is 0 Å². The minimum Gasteiger partial charge on any atom is -0.497 e. The molecule has 2 aromatic heterocycles. The maximum atomic E-state index is 11.6. The lowest BCUT2D eigenvalue weighted by molar-refractivity contribution is -0.113. The maximum absolute atomic E-state index is 11.6. The van der Waals surface area contributed by atoms with Crippen molar-refractivity contribution in [3.63, 3.8) is 0 Å². The summed E-state index contributed by atoms with van der Waals surface area (Å²) in [7, 11) is 1.64. The van der Waals surface area contributed by atoms with Crippen molar-refractivity contribution >= 4 is 40.1 Å². The zero-order valence-electron chi connectivity index (χ0n) is 19.6. The predicted molar refractivity (Wildman–Crippen MR) is 139 cm³/mol. The number of hydrogen-bond acceptors (Lipinski definition) is 8. The summed E-state index contributed by atoms with van der Waals surface area (Å²) in [4.78, 5) is 21.6. The van der Waals surface area contributed by atoms with Crippen LogP contribution in [0.25, 0.3) is 10.9 Å². The van der Waals surface area contributed by atoms with Crippen molar-refractivity contribution in [1.82, 2.24) is 15.3 Å². The summed E-state index contributed by atoms with van der Waals surface area (Å²) in [6.07, 6.45) is 4.59. The van der Waals surface area contributed by atoms with Gasteiger partial charge in [-0.25, -0.2) is 4.98 Å². The Hall–Kier alpha value is -3.14. The number of pyridine rings is 2. The van der Waals surface area contributed by atoms with E-state index in [-0.39, 0.29) is 11.9 Å². The van der Waals surface area contributed by atoms with Crippen LogP contribution in [0.5, 0.6) is 5.75 Å². The molecule has 35 heavy (non-hydrogen) atoms. The van der Waals surface area contributed by atoms with Gasteiger partial charge in [-0.1, -0.05) is 6.58 Å². The zero-order chi connectivity index (χ0) is 24.4. The number of rotatable bonds is 7. The molecule has 1 fully saturated rings. The van der Waals surface area contributed by atoms with Gasteiger partial charge >= 0.3 is 0 Å². The molecule has 0 radical (unpaired) electrons. The number of benzene rings is 1. The Bertz CT molecular complexity index is 1270. The highest BCUT2D eigenvalue weighted by Gasteiger charge is 2.36. The Balaban J connectivity index is 1.18. The average Bonchev–Trinajstić information content (AvgIpc) is 2.88. The number of thioether (sulfide) groups is 1. The molecule has 0 spiro atoms. The highest BCUT2D eigenvalue weighted by atomic mass is 32.2. The number of amides is 1. The third-order valence-corrected chi connectivity index (χ3v) is 7.76. The van der Waals surface area contributed by atoms with Crippen LogP contribution in [-0.4, -0.2) is 45.5 Å². The molecule has 1 saturated carbocycles. The molecule has 4 N–H and O–H groups in total. The monoisotopic (exact) mass is 491 g/mol. The van der Waals surface area contributed by atoms with E-state index < -0.39 is 5.60 Å². The second-order valence-electron chi connectivity index (χ2n) is 9.02. The topological polar surface area (TPSA) is 108 Å². The van der Waals surface area contributed by atoms with Crippen LogP contribution in [0.15, 0.2) is 59.8 Å². The summed E-state index contributed by atoms with van der Waals surface area (Å²) in [6.45, 7) is 4.79. The van der Waals surface area contributed by atoms with Crippen LogP contribution in [0.4, 0.5) is 11.5 Å². The summed E-state index contributed by atoms with van der Waals surface area (Å²) in [5.41, 5.74) is 2.18. The Morgan fingerprint density at radius 1 is 1.29 bits per heavy atom. The third-order valence-electron chi connectivity index (χ3n) is 6.71. The molecule has 3 heterocycles. The van der Waals surface area contributed by atoms with Crippen LogP contribution in [0.2, 0.25) is 0 Å². The normalized spacial score (nSPS) is 21.8. The van der Waals surface area contributed by atoms with Gasteiger partial charge in [-0.2, -0.15) is 0 Å². The van der Waals surface area contributed by atoms with Gasteiger partial charge in [-0.3, -0.25) is 9.78 Å². The molecule has 0 unspecified atom stereocenters. The lowest BCUT2D eigenvalue weighted by atomic mass is 9.80. The summed E-state index contributed by atoms with van der Waals surface area (Å²) >= 11 is 1.51. The molecule has 1 aliphatic carbocycles. The second-order valence-corrected chi connectivity index (χ2v) is 10.0. The fraction of sp³-hybridized carbons (Fsp3) is 0.346. The maximum Gasteiger partial charge on any atom is 0.235 e. The molecule has 0 atom stereocenters. The van der Waals surface area contributed by atoms with Crippen LogP contribution in [0, 0.1) is 0 Å². The Kier molecular flexibility index (Phi) is 6.64. The minimum atomic E-state index is -0.988. The fourth-order valence-electron chi connectivity index (χ4n) is 4.59. The Labute approximate surface area is 208 Å². The zero-order valence-corrected chi connectivity index (χ0v) is 20.5. The fourth-order valence-corrected chi connectivity index (χ4v) is 5.35. The number of aliphatic hydroxyl groups is 1. The third kappa shape index (κ3) is 5.12. The first kappa shape index (κ1) is 23.6. The van der Waals surface area contributed by atoms with Crippen molar-refractivity contribution in [2.24, 2.45) is 0 Å². The number of nitrogens with zero attached hydrogens (tertiary/aromatic N) is 2. The molecule has 0 bridgehead atoms. The van der Waals surface area contributed by atoms with Crippen molar-refractivity contribution in [1.29, 1.82) is 0 Å². The minimum absolute atomic E-state index is 0.0144. The van der Waals surface area contributed by atoms with E-state index in [1.54, 1.807) is 13.3 Å². The first-order chi connectivity index (χ1) is 16.9. The van der Waals surface area contributed by atoms with Gasteiger partial charge in [-0.15, -0.1) is 11.8 Å². The molecular formula is C26H29N5O3S. The summed E-state index contributed by atoms with van der Waals surface area (Å²) < 4.78 is 5.36. The first-order valence-corrected chi connectivity index (χ1v) is 12.7. The number of anilines is 2. The van der Waals surface area contributed by atoms with Crippen LogP contribution in [0.3, 0.4) is 0 Å². The van der Waals surface area contributed by atoms with E-state index in [4.69, 9.17) is 4.74 Å². The first-order valence-electron chi connectivity index (χ1n) is 11.7. The highest BCUT2D eigenvalue weighted by molar-refractivity contribution is 8.00. The van der Waals surface area contributed by atoms with E-state index in [0.717, 1.165) is 45.8 Å². The number of carbonyl (C=O) groups is 1. The molecule has 1 amide bonds. The number of carbonyl (C=O) groups excluding carboxylic acids is 1. The summed E-state index contributed by atoms with van der Waals surface area (Å²) in [6, 6.07) is 11.9. The van der Waals surface area contributed by atoms with E-state index in [1.807, 2.05) is 36.4 Å². The molecule has 1 aromatic carbocycles. The van der Waals surface area contributed by atoms with Crippen LogP contribution >= 0.6 is 11.8 Å². The number of hydrogen-bond donors (Lipinski definition) is 4. The van der Waals surface area contributed by atoms with Crippen molar-refractivity contribution in [3.8, 4) is 5.75 Å². The van der Waals surface area contributed by atoms with E-state index in [1.165, 1.54) is 11.8 Å². The van der Waals surface area contributed by atoms with Gasteiger partial charge in [-0.05, 0) is 62.1 Å². The second kappa shape index (κ2) is 9.85. The van der Waals surface area contributed by atoms with Gasteiger partial charge in [0.25, 0.3) is 0 Å². The Morgan fingerprint density at radius 3 is 2.91 bits per heavy atom. The smallest absolute Gasteiger partial charge is 0.235 e. The molecule has 2 aliphatic rings. The molecule has 3 aromatic rings. The van der Waals surface area contributed by atoms with Crippen LogP contribution in [0.1, 0.15) is 31.4 Å². The van der Waals surface area contributed by atoms with Gasteiger partial charge in [0.15, 0.2) is 0 Å². The predicted octanol–water partition coefficient (Wildman–Crippen LogP) is 4.07. The lowest BCUT2D eigenvalue weighted by Gasteiger charge is -2.38. The number of methoxy groups -OCH3 is 1. The largest absolute Gasteiger partial charge is 0.497 e. The van der Waals surface area contributed by atoms with Gasteiger partial charge in [0.2, 0.25) is 5.91 Å². The lowest BCUT2D eigenvalue weighted by Crippen LogP contribution is -2.43. The van der Waals surface area contributed by atoms with Gasteiger partial charge in [0.05, 0.1) is 29.0 Å². The van der Waals surface area contributed by atoms with E-state index in [0.29, 0.717) is 36.7 Å². The van der Waals surface area contributed by atoms with Crippen LogP contribution < -0.4 is 20.7 Å². The molecule has 1 aliphatic heterocycles. The van der Waals surface area contributed by atoms with E-state index in [2.05, 4.69) is 32.5 Å². The molecular weight excluding hydrogens is 462 g/mol. The highest BCUT2D eigenvalue weighted by Crippen LogP contribution is 2.36. The summed E-state index contributed by atoms with van der Waals surface area (Å²) in [5, 5.41) is 22.0. The van der Waals surface area contributed by atoms with Gasteiger partial charge < -0.3 is 25.8 Å². The van der Waals surface area contributed by atoms with E-state index in [9.17, 15) is 9.90 Å².